The maximum absolute atomic E-state index is 11.7. The predicted molar refractivity (Wildman–Crippen MR) is 99.4 cm³/mol. The summed E-state index contributed by atoms with van der Waals surface area (Å²) in [6.45, 7) is 6.57. The Morgan fingerprint density at radius 2 is 2.08 bits per heavy atom. The van der Waals surface area contributed by atoms with Crippen LogP contribution >= 0.6 is 0 Å². The zero-order valence-electron chi connectivity index (χ0n) is 15.2. The average molecular weight is 339 g/mol. The molecule has 1 aromatic rings. The van der Waals surface area contributed by atoms with Gasteiger partial charge >= 0.3 is 5.97 Å². The molecule has 1 N–H and O–H groups in total. The first kappa shape index (κ1) is 17.3. The van der Waals surface area contributed by atoms with Crippen molar-refractivity contribution in [2.45, 2.75) is 32.9 Å². The molecule has 0 bridgehead atoms. The number of fused-ring (bicyclic) bond motifs is 1. The Morgan fingerprint density at radius 3 is 2.80 bits per heavy atom. The van der Waals surface area contributed by atoms with Gasteiger partial charge in [-0.25, -0.2) is 4.79 Å². The van der Waals surface area contributed by atoms with Crippen molar-refractivity contribution in [3.63, 3.8) is 0 Å². The molecule has 0 saturated heterocycles. The van der Waals surface area contributed by atoms with E-state index in [9.17, 15) is 9.90 Å². The van der Waals surface area contributed by atoms with Gasteiger partial charge < -0.3 is 14.7 Å². The third-order valence-electron chi connectivity index (χ3n) is 5.75. The summed E-state index contributed by atoms with van der Waals surface area (Å²) in [5.41, 5.74) is -0.0435. The van der Waals surface area contributed by atoms with Gasteiger partial charge in [0.25, 0.3) is 0 Å². The molecule has 0 aromatic heterocycles. The number of rotatable bonds is 1. The molecule has 4 nitrogen and oxygen atoms in total. The first-order chi connectivity index (χ1) is 11.8. The molecule has 2 unspecified atom stereocenters. The SMILES string of the molecule is CC1C/C=C\C=C\N(C)C2(C=Cc3cccc(C(=O)O)c3O2)C1(C)C. The summed E-state index contributed by atoms with van der Waals surface area (Å²) in [4.78, 5) is 13.7. The topological polar surface area (TPSA) is 49.8 Å². The highest BCUT2D eigenvalue weighted by Crippen LogP contribution is 2.49. The molecule has 0 saturated carbocycles. The van der Waals surface area contributed by atoms with E-state index in [4.69, 9.17) is 4.74 Å². The molecule has 0 amide bonds. The van der Waals surface area contributed by atoms with Gasteiger partial charge in [0.1, 0.15) is 11.3 Å². The van der Waals surface area contributed by atoms with Gasteiger partial charge in [0.2, 0.25) is 5.72 Å². The first-order valence-electron chi connectivity index (χ1n) is 8.60. The van der Waals surface area contributed by atoms with E-state index in [1.165, 1.54) is 0 Å². The number of hydrogen-bond acceptors (Lipinski definition) is 3. The molecule has 0 radical (unpaired) electrons. The van der Waals surface area contributed by atoms with Gasteiger partial charge in [-0.15, -0.1) is 0 Å². The smallest absolute Gasteiger partial charge is 0.339 e. The monoisotopic (exact) mass is 339 g/mol. The minimum atomic E-state index is -0.976. The third-order valence-corrected chi connectivity index (χ3v) is 5.75. The van der Waals surface area contributed by atoms with Gasteiger partial charge in [0.15, 0.2) is 0 Å². The Morgan fingerprint density at radius 1 is 1.32 bits per heavy atom. The number of ether oxygens (including phenoxy) is 1. The van der Waals surface area contributed by atoms with Crippen LogP contribution in [0.25, 0.3) is 6.08 Å². The molecule has 2 aliphatic rings. The average Bonchev–Trinajstić information content (AvgIpc) is 2.61. The van der Waals surface area contributed by atoms with Crippen molar-refractivity contribution >= 4 is 12.0 Å². The van der Waals surface area contributed by atoms with E-state index in [0.717, 1.165) is 12.0 Å². The lowest BCUT2D eigenvalue weighted by Gasteiger charge is -2.53. The molecule has 1 aromatic carbocycles. The standard InChI is InChI=1S/C21H25NO3/c1-15-9-6-5-7-14-22(4)21(20(15,2)3)13-12-16-10-8-11-17(19(23)24)18(16)25-21/h5-8,10-15H,9H2,1-4H3,(H,23,24)/b6-5-,14-7+. The molecule has 2 atom stereocenters. The molecule has 25 heavy (non-hydrogen) atoms. The molecule has 0 aliphatic carbocycles. The summed E-state index contributed by atoms with van der Waals surface area (Å²) in [5, 5.41) is 9.58. The number of benzene rings is 1. The van der Waals surface area contributed by atoms with Crippen LogP contribution in [0.5, 0.6) is 5.75 Å². The van der Waals surface area contributed by atoms with Gasteiger partial charge in [-0.05, 0) is 36.6 Å². The van der Waals surface area contributed by atoms with Gasteiger partial charge in [-0.1, -0.05) is 45.1 Å². The highest BCUT2D eigenvalue weighted by atomic mass is 16.5. The van der Waals surface area contributed by atoms with E-state index in [0.29, 0.717) is 11.7 Å². The number of nitrogens with zero attached hydrogens (tertiary/aromatic N) is 1. The van der Waals surface area contributed by atoms with E-state index < -0.39 is 11.7 Å². The Labute approximate surface area is 149 Å². The number of para-hydroxylation sites is 1. The lowest BCUT2D eigenvalue weighted by molar-refractivity contribution is -0.118. The number of allylic oxidation sites excluding steroid dienone is 3. The molecule has 3 rings (SSSR count). The summed E-state index contributed by atoms with van der Waals surface area (Å²) >= 11 is 0. The number of carboxylic acids is 1. The minimum absolute atomic E-state index is 0.194. The fraction of sp³-hybridized carbons (Fsp3) is 0.381. The second-order valence-electron chi connectivity index (χ2n) is 7.40. The van der Waals surface area contributed by atoms with Crippen molar-refractivity contribution in [2.24, 2.45) is 11.3 Å². The fourth-order valence-corrected chi connectivity index (χ4v) is 3.65. The van der Waals surface area contributed by atoms with Crippen molar-refractivity contribution < 1.29 is 14.6 Å². The molecule has 132 valence electrons. The van der Waals surface area contributed by atoms with Crippen LogP contribution in [0, 0.1) is 11.3 Å². The molecule has 4 heteroatoms. The second-order valence-corrected chi connectivity index (χ2v) is 7.40. The van der Waals surface area contributed by atoms with E-state index in [1.54, 1.807) is 12.1 Å². The highest BCUT2D eigenvalue weighted by Gasteiger charge is 2.52. The summed E-state index contributed by atoms with van der Waals surface area (Å²) in [6, 6.07) is 5.23. The highest BCUT2D eigenvalue weighted by molar-refractivity contribution is 5.93. The Hall–Kier alpha value is -2.49. The maximum Gasteiger partial charge on any atom is 0.339 e. The van der Waals surface area contributed by atoms with Crippen LogP contribution in [0.4, 0.5) is 0 Å². The van der Waals surface area contributed by atoms with Gasteiger partial charge in [0.05, 0.1) is 0 Å². The molecule has 2 aliphatic heterocycles. The van der Waals surface area contributed by atoms with Gasteiger partial charge in [-0.2, -0.15) is 0 Å². The van der Waals surface area contributed by atoms with Crippen molar-refractivity contribution in [2.75, 3.05) is 7.05 Å². The van der Waals surface area contributed by atoms with Crippen LogP contribution in [-0.2, 0) is 0 Å². The van der Waals surface area contributed by atoms with Crippen molar-refractivity contribution in [3.8, 4) is 5.75 Å². The zero-order valence-corrected chi connectivity index (χ0v) is 15.2. The summed E-state index contributed by atoms with van der Waals surface area (Å²) in [6.07, 6.45) is 13.2. The van der Waals surface area contributed by atoms with Crippen LogP contribution in [-0.4, -0.2) is 28.7 Å². The molecule has 0 fully saturated rings. The van der Waals surface area contributed by atoms with Crippen molar-refractivity contribution in [3.05, 3.63) is 59.8 Å². The number of carboxylic acid groups (broad SMARTS) is 1. The predicted octanol–water partition coefficient (Wildman–Crippen LogP) is 4.55. The van der Waals surface area contributed by atoms with Crippen molar-refractivity contribution in [1.82, 2.24) is 4.90 Å². The lowest BCUT2D eigenvalue weighted by atomic mass is 9.68. The third kappa shape index (κ3) is 2.66. The molecular weight excluding hydrogens is 314 g/mol. The summed E-state index contributed by atoms with van der Waals surface area (Å²) in [5.74, 6) is -0.212. The largest absolute Gasteiger partial charge is 0.478 e. The summed E-state index contributed by atoms with van der Waals surface area (Å²) in [7, 11) is 1.98. The molecular formula is C21H25NO3. The Balaban J connectivity index is 2.18. The van der Waals surface area contributed by atoms with E-state index in [2.05, 4.69) is 32.9 Å². The Kier molecular flexibility index (Phi) is 4.23. The number of aromatic carboxylic acids is 1. The Bertz CT molecular complexity index is 775. The van der Waals surface area contributed by atoms with Crippen LogP contribution in [0.15, 0.2) is 48.7 Å². The van der Waals surface area contributed by atoms with Crippen LogP contribution < -0.4 is 4.74 Å². The fourth-order valence-electron chi connectivity index (χ4n) is 3.65. The van der Waals surface area contributed by atoms with Crippen LogP contribution in [0.2, 0.25) is 0 Å². The van der Waals surface area contributed by atoms with E-state index in [-0.39, 0.29) is 11.0 Å². The summed E-state index contributed by atoms with van der Waals surface area (Å²) < 4.78 is 6.52. The molecule has 2 heterocycles. The quantitative estimate of drug-likeness (QED) is 0.815. The van der Waals surface area contributed by atoms with Crippen LogP contribution in [0.3, 0.4) is 0 Å². The first-order valence-corrected chi connectivity index (χ1v) is 8.60. The lowest BCUT2D eigenvalue weighted by Crippen LogP contribution is -2.60. The van der Waals surface area contributed by atoms with Gasteiger partial charge in [-0.3, -0.25) is 0 Å². The van der Waals surface area contributed by atoms with Crippen LogP contribution in [0.1, 0.15) is 43.1 Å². The van der Waals surface area contributed by atoms with Crippen molar-refractivity contribution in [1.29, 1.82) is 0 Å². The molecule has 1 spiro atoms. The van der Waals surface area contributed by atoms with Gasteiger partial charge in [0, 0.05) is 24.2 Å². The number of hydrogen-bond donors (Lipinski definition) is 1. The van der Waals surface area contributed by atoms with E-state index >= 15 is 0 Å². The number of carbonyl (C=O) groups is 1. The second kappa shape index (κ2) is 6.10. The normalized spacial score (nSPS) is 29.8. The zero-order chi connectivity index (χ0) is 18.2. The van der Waals surface area contributed by atoms with E-state index in [1.807, 2.05) is 42.4 Å². The minimum Gasteiger partial charge on any atom is -0.478 e. The maximum atomic E-state index is 11.7. The number of likely N-dealkylation sites (N-methyl/N-ethyl adjacent to an activating group) is 1.